The Morgan fingerprint density at radius 2 is 1.65 bits per heavy atom. The molecule has 0 aromatic heterocycles. The van der Waals surface area contributed by atoms with Gasteiger partial charge in [-0.2, -0.15) is 0 Å². The lowest BCUT2D eigenvalue weighted by atomic mass is 10.1. The van der Waals surface area contributed by atoms with Gasteiger partial charge in [0, 0.05) is 23.7 Å². The van der Waals surface area contributed by atoms with Gasteiger partial charge in [-0.05, 0) is 66.2 Å². The first-order valence-electron chi connectivity index (χ1n) is 10.4. The zero-order valence-corrected chi connectivity index (χ0v) is 20.2. The molecule has 34 heavy (non-hydrogen) atoms. The predicted octanol–water partition coefficient (Wildman–Crippen LogP) is 3.04. The van der Waals surface area contributed by atoms with Gasteiger partial charge in [-0.25, -0.2) is 0 Å². The largest absolute Gasteiger partial charge is 0.493 e. The quantitative estimate of drug-likeness (QED) is 0.258. The minimum absolute atomic E-state index is 0.0760. The number of benzene rings is 2. The molecule has 0 saturated heterocycles. The third kappa shape index (κ3) is 8.55. The van der Waals surface area contributed by atoms with Crippen molar-refractivity contribution in [1.29, 1.82) is 0 Å². The minimum Gasteiger partial charge on any atom is -0.493 e. The number of amides is 3. The van der Waals surface area contributed by atoms with Crippen LogP contribution in [0.25, 0.3) is 6.08 Å². The molecule has 0 spiro atoms. The first kappa shape index (κ1) is 26.3. The molecule has 0 bridgehead atoms. The van der Waals surface area contributed by atoms with E-state index in [0.29, 0.717) is 29.2 Å². The van der Waals surface area contributed by atoms with Crippen molar-refractivity contribution in [3.05, 3.63) is 59.7 Å². The summed E-state index contributed by atoms with van der Waals surface area (Å²) in [4.78, 5) is 36.2. The summed E-state index contributed by atoms with van der Waals surface area (Å²) in [7, 11) is 3.06. The van der Waals surface area contributed by atoms with E-state index in [0.717, 1.165) is 5.56 Å². The smallest absolute Gasteiger partial charge is 0.269 e. The number of methoxy groups -OCH3 is 2. The maximum absolute atomic E-state index is 12.3. The predicted molar refractivity (Wildman–Crippen MR) is 134 cm³/mol. The van der Waals surface area contributed by atoms with Gasteiger partial charge in [0.05, 0.1) is 14.2 Å². The Balaban J connectivity index is 1.81. The average molecular weight is 485 g/mol. The second kappa shape index (κ2) is 12.9. The molecule has 0 heterocycles. The van der Waals surface area contributed by atoms with E-state index in [1.807, 2.05) is 13.8 Å². The molecular weight excluding hydrogens is 456 g/mol. The van der Waals surface area contributed by atoms with Gasteiger partial charge in [-0.1, -0.05) is 19.9 Å². The van der Waals surface area contributed by atoms with Crippen LogP contribution in [0.3, 0.4) is 0 Å². The van der Waals surface area contributed by atoms with E-state index in [1.165, 1.54) is 20.3 Å². The molecule has 0 atom stereocenters. The topological polar surface area (TPSA) is 118 Å². The van der Waals surface area contributed by atoms with E-state index in [4.69, 9.17) is 21.7 Å². The summed E-state index contributed by atoms with van der Waals surface area (Å²) in [6.45, 7) is 3.92. The fourth-order valence-corrected chi connectivity index (χ4v) is 2.94. The highest BCUT2D eigenvalue weighted by Crippen LogP contribution is 2.27. The number of anilines is 1. The average Bonchev–Trinajstić information content (AvgIpc) is 2.80. The molecule has 9 nitrogen and oxygen atoms in total. The van der Waals surface area contributed by atoms with Crippen molar-refractivity contribution in [3.8, 4) is 11.5 Å². The number of hydrogen-bond acceptors (Lipinski definition) is 6. The Bertz CT molecular complexity index is 1070. The van der Waals surface area contributed by atoms with E-state index < -0.39 is 11.8 Å². The maximum Gasteiger partial charge on any atom is 0.269 e. The summed E-state index contributed by atoms with van der Waals surface area (Å²) in [6.07, 6.45) is 3.29. The Labute approximate surface area is 203 Å². The van der Waals surface area contributed by atoms with Crippen LogP contribution in [-0.4, -0.2) is 37.1 Å². The number of thiocarbonyl (C=S) groups is 1. The minimum atomic E-state index is -0.483. The maximum atomic E-state index is 12.3. The molecule has 4 N–H and O–H groups in total. The second-order valence-electron chi connectivity index (χ2n) is 7.57. The van der Waals surface area contributed by atoms with Crippen molar-refractivity contribution in [3.63, 3.8) is 0 Å². The van der Waals surface area contributed by atoms with Crippen LogP contribution in [-0.2, 0) is 9.59 Å². The van der Waals surface area contributed by atoms with Gasteiger partial charge in [0.25, 0.3) is 5.91 Å². The molecule has 2 rings (SSSR count). The number of carbonyl (C=O) groups excluding carboxylic acids is 3. The molecule has 0 radical (unpaired) electrons. The van der Waals surface area contributed by atoms with Crippen LogP contribution in [0.2, 0.25) is 0 Å². The van der Waals surface area contributed by atoms with Crippen LogP contribution in [0, 0.1) is 5.92 Å². The summed E-state index contributed by atoms with van der Waals surface area (Å²) in [5.41, 5.74) is 6.54. The van der Waals surface area contributed by atoms with Crippen molar-refractivity contribution in [2.75, 3.05) is 19.5 Å². The van der Waals surface area contributed by atoms with Gasteiger partial charge in [-0.3, -0.25) is 30.6 Å². The molecule has 0 aliphatic carbocycles. The number of hydrogen-bond donors (Lipinski definition) is 4. The lowest BCUT2D eigenvalue weighted by Crippen LogP contribution is -2.48. The molecule has 3 amide bonds. The normalized spacial score (nSPS) is 10.5. The second-order valence-corrected chi connectivity index (χ2v) is 7.98. The van der Waals surface area contributed by atoms with Crippen molar-refractivity contribution in [2.45, 2.75) is 20.3 Å². The van der Waals surface area contributed by atoms with Gasteiger partial charge in [0.2, 0.25) is 11.8 Å². The first-order valence-corrected chi connectivity index (χ1v) is 10.8. The number of nitrogens with one attached hydrogen (secondary N) is 4. The number of carbonyl (C=O) groups is 3. The van der Waals surface area contributed by atoms with Gasteiger partial charge in [0.1, 0.15) is 0 Å². The van der Waals surface area contributed by atoms with Crippen molar-refractivity contribution in [1.82, 2.24) is 16.2 Å². The fourth-order valence-electron chi connectivity index (χ4n) is 2.79. The highest BCUT2D eigenvalue weighted by molar-refractivity contribution is 7.80. The lowest BCUT2D eigenvalue weighted by Gasteiger charge is -2.11. The Morgan fingerprint density at radius 1 is 0.971 bits per heavy atom. The van der Waals surface area contributed by atoms with Crippen molar-refractivity contribution < 1.29 is 23.9 Å². The summed E-state index contributed by atoms with van der Waals surface area (Å²) >= 11 is 5.03. The lowest BCUT2D eigenvalue weighted by molar-refractivity contribution is -0.117. The monoisotopic (exact) mass is 484 g/mol. The molecule has 0 unspecified atom stereocenters. The molecule has 0 fully saturated rings. The van der Waals surface area contributed by atoms with Crippen LogP contribution in [0.5, 0.6) is 11.5 Å². The number of rotatable bonds is 8. The SMILES string of the molecule is COc1ccc(C=CC(=O)NC(=S)NNC(=O)c2ccc(NC(=O)CC(C)C)cc2)cc1OC. The van der Waals surface area contributed by atoms with Gasteiger partial charge >= 0.3 is 0 Å². The van der Waals surface area contributed by atoms with Crippen LogP contribution in [0.1, 0.15) is 36.2 Å². The highest BCUT2D eigenvalue weighted by atomic mass is 32.1. The third-order valence-corrected chi connectivity index (χ3v) is 4.59. The van der Waals surface area contributed by atoms with Gasteiger partial charge in [0.15, 0.2) is 16.6 Å². The zero-order valence-electron chi connectivity index (χ0n) is 19.4. The van der Waals surface area contributed by atoms with E-state index in [2.05, 4.69) is 21.5 Å². The molecule has 0 aliphatic rings. The van der Waals surface area contributed by atoms with Crippen LogP contribution in [0.15, 0.2) is 48.5 Å². The summed E-state index contributed by atoms with van der Waals surface area (Å²) < 4.78 is 10.4. The van der Waals surface area contributed by atoms with E-state index in [1.54, 1.807) is 48.5 Å². The van der Waals surface area contributed by atoms with Crippen LogP contribution < -0.4 is 31.0 Å². The van der Waals surface area contributed by atoms with Gasteiger partial charge < -0.3 is 14.8 Å². The van der Waals surface area contributed by atoms with E-state index >= 15 is 0 Å². The van der Waals surface area contributed by atoms with Crippen LogP contribution >= 0.6 is 12.2 Å². The number of hydrazine groups is 1. The Hall–Kier alpha value is -3.92. The molecule has 0 aliphatic heterocycles. The number of ether oxygens (including phenoxy) is 2. The van der Waals surface area contributed by atoms with E-state index in [-0.39, 0.29) is 16.9 Å². The summed E-state index contributed by atoms with van der Waals surface area (Å²) in [5, 5.41) is 5.13. The summed E-state index contributed by atoms with van der Waals surface area (Å²) in [5.74, 6) is 0.337. The molecule has 180 valence electrons. The molecule has 10 heteroatoms. The van der Waals surface area contributed by atoms with Crippen molar-refractivity contribution in [2.24, 2.45) is 5.92 Å². The standard InChI is InChI=1S/C24H28N4O5S/c1-15(2)13-22(30)25-18-9-7-17(8-10-18)23(31)27-28-24(34)26-21(29)12-6-16-5-11-19(32-3)20(14-16)33-4/h5-12,14-15H,13H2,1-4H3,(H,25,30)(H,27,31)(H2,26,28,29,34). The van der Waals surface area contributed by atoms with E-state index in [9.17, 15) is 14.4 Å². The summed E-state index contributed by atoms with van der Waals surface area (Å²) in [6, 6.07) is 11.6. The molecule has 2 aromatic rings. The Kier molecular flexibility index (Phi) is 10.0. The first-order chi connectivity index (χ1) is 16.2. The molecule has 0 saturated carbocycles. The van der Waals surface area contributed by atoms with Gasteiger partial charge in [-0.15, -0.1) is 0 Å². The highest BCUT2D eigenvalue weighted by Gasteiger charge is 2.09. The molecular formula is C24H28N4O5S. The molecule has 2 aromatic carbocycles. The zero-order chi connectivity index (χ0) is 25.1. The third-order valence-electron chi connectivity index (χ3n) is 4.39. The Morgan fingerprint density at radius 3 is 2.26 bits per heavy atom. The van der Waals surface area contributed by atoms with Crippen molar-refractivity contribution >= 4 is 46.8 Å². The fraction of sp³-hybridized carbons (Fsp3) is 0.250. The van der Waals surface area contributed by atoms with Crippen LogP contribution in [0.4, 0.5) is 5.69 Å².